The van der Waals surface area contributed by atoms with Gasteiger partial charge in [-0.25, -0.2) is 8.42 Å². The van der Waals surface area contributed by atoms with Gasteiger partial charge in [-0.1, -0.05) is 50.2 Å². The van der Waals surface area contributed by atoms with Gasteiger partial charge in [0.05, 0.1) is 4.90 Å². The molecule has 2 rings (SSSR count). The normalized spacial score (nSPS) is 11.5. The van der Waals surface area contributed by atoms with Crippen molar-refractivity contribution in [1.82, 2.24) is 9.62 Å². The number of carbonyl (C=O) groups is 1. The van der Waals surface area contributed by atoms with Gasteiger partial charge in [0.15, 0.2) is 0 Å². The molecule has 0 spiro atoms. The number of aryl methyl sites for hydroxylation is 1. The van der Waals surface area contributed by atoms with E-state index in [0.29, 0.717) is 25.2 Å². The fourth-order valence-electron chi connectivity index (χ4n) is 2.75. The van der Waals surface area contributed by atoms with Crippen molar-refractivity contribution in [3.63, 3.8) is 0 Å². The molecular formula is C20H26N2O3S. The molecule has 0 bridgehead atoms. The van der Waals surface area contributed by atoms with Crippen molar-refractivity contribution in [2.75, 3.05) is 19.6 Å². The molecule has 2 aromatic rings. The summed E-state index contributed by atoms with van der Waals surface area (Å²) in [5.41, 5.74) is 1.59. The average Bonchev–Trinajstić information content (AvgIpc) is 2.67. The lowest BCUT2D eigenvalue weighted by Crippen LogP contribution is -2.31. The highest BCUT2D eigenvalue weighted by atomic mass is 32.2. The first-order valence-corrected chi connectivity index (χ1v) is 10.4. The van der Waals surface area contributed by atoms with E-state index in [4.69, 9.17) is 0 Å². The predicted octanol–water partition coefficient (Wildman–Crippen LogP) is 3.08. The molecule has 0 aliphatic rings. The van der Waals surface area contributed by atoms with E-state index < -0.39 is 10.0 Å². The number of nitrogens with one attached hydrogen (secondary N) is 1. The van der Waals surface area contributed by atoms with E-state index in [1.54, 1.807) is 26.0 Å². The largest absolute Gasteiger partial charge is 0.352 e. The lowest BCUT2D eigenvalue weighted by Gasteiger charge is -2.18. The SMILES string of the molecule is CCN(CC)S(=O)(=O)c1cccc(C(=O)NCCCc2ccccc2)c1. The van der Waals surface area contributed by atoms with Gasteiger partial charge in [0, 0.05) is 25.2 Å². The average molecular weight is 375 g/mol. The Bertz CT molecular complexity index is 816. The third-order valence-corrected chi connectivity index (χ3v) is 6.26. The molecule has 140 valence electrons. The summed E-state index contributed by atoms with van der Waals surface area (Å²) >= 11 is 0. The van der Waals surface area contributed by atoms with Crippen molar-refractivity contribution in [3.05, 3.63) is 65.7 Å². The zero-order valence-electron chi connectivity index (χ0n) is 15.3. The first-order chi connectivity index (χ1) is 12.5. The zero-order chi connectivity index (χ0) is 19.0. The molecular weight excluding hydrogens is 348 g/mol. The van der Waals surface area contributed by atoms with Crippen LogP contribution in [0.5, 0.6) is 0 Å². The minimum absolute atomic E-state index is 0.151. The van der Waals surface area contributed by atoms with Gasteiger partial charge in [-0.15, -0.1) is 0 Å². The van der Waals surface area contributed by atoms with Crippen molar-refractivity contribution in [2.24, 2.45) is 0 Å². The van der Waals surface area contributed by atoms with Gasteiger partial charge in [0.2, 0.25) is 10.0 Å². The zero-order valence-corrected chi connectivity index (χ0v) is 16.1. The molecule has 0 aliphatic carbocycles. The van der Waals surface area contributed by atoms with E-state index in [2.05, 4.69) is 17.4 Å². The summed E-state index contributed by atoms with van der Waals surface area (Å²) in [5.74, 6) is -0.255. The molecule has 0 aliphatic heterocycles. The van der Waals surface area contributed by atoms with Crippen molar-refractivity contribution in [1.29, 1.82) is 0 Å². The van der Waals surface area contributed by atoms with Crippen molar-refractivity contribution < 1.29 is 13.2 Å². The molecule has 0 radical (unpaired) electrons. The molecule has 6 heteroatoms. The predicted molar refractivity (Wildman–Crippen MR) is 104 cm³/mol. The second-order valence-corrected chi connectivity index (χ2v) is 7.90. The van der Waals surface area contributed by atoms with E-state index in [9.17, 15) is 13.2 Å². The number of nitrogens with zero attached hydrogens (tertiary/aromatic N) is 1. The minimum atomic E-state index is -3.57. The molecule has 0 heterocycles. The first-order valence-electron chi connectivity index (χ1n) is 8.91. The van der Waals surface area contributed by atoms with Crippen LogP contribution in [0.3, 0.4) is 0 Å². The van der Waals surface area contributed by atoms with Gasteiger partial charge in [-0.05, 0) is 36.6 Å². The Balaban J connectivity index is 1.97. The van der Waals surface area contributed by atoms with E-state index in [0.717, 1.165) is 12.8 Å². The van der Waals surface area contributed by atoms with Gasteiger partial charge in [0.1, 0.15) is 0 Å². The molecule has 5 nitrogen and oxygen atoms in total. The highest BCUT2D eigenvalue weighted by Gasteiger charge is 2.22. The van der Waals surface area contributed by atoms with Crippen LogP contribution in [-0.2, 0) is 16.4 Å². The molecule has 1 amide bonds. The summed E-state index contributed by atoms with van der Waals surface area (Å²) < 4.78 is 26.5. The van der Waals surface area contributed by atoms with Gasteiger partial charge in [0.25, 0.3) is 5.91 Å². The van der Waals surface area contributed by atoms with Crippen LogP contribution in [0.15, 0.2) is 59.5 Å². The number of amides is 1. The van der Waals surface area contributed by atoms with Gasteiger partial charge < -0.3 is 5.32 Å². The lowest BCUT2D eigenvalue weighted by molar-refractivity contribution is 0.0953. The molecule has 26 heavy (non-hydrogen) atoms. The highest BCUT2D eigenvalue weighted by molar-refractivity contribution is 7.89. The summed E-state index contributed by atoms with van der Waals surface area (Å²) in [6, 6.07) is 16.3. The standard InChI is InChI=1S/C20H26N2O3S/c1-3-22(4-2)26(24,25)19-14-8-13-18(16-19)20(23)21-15-9-12-17-10-6-5-7-11-17/h5-8,10-11,13-14,16H,3-4,9,12,15H2,1-2H3,(H,21,23). The maximum Gasteiger partial charge on any atom is 0.251 e. The lowest BCUT2D eigenvalue weighted by atomic mass is 10.1. The van der Waals surface area contributed by atoms with Crippen LogP contribution in [0.25, 0.3) is 0 Å². The smallest absolute Gasteiger partial charge is 0.251 e. The topological polar surface area (TPSA) is 66.5 Å². The number of benzene rings is 2. The van der Waals surface area contributed by atoms with E-state index >= 15 is 0 Å². The number of sulfonamides is 1. The van der Waals surface area contributed by atoms with E-state index in [1.807, 2.05) is 18.2 Å². The Kier molecular flexibility index (Phi) is 7.36. The maximum atomic E-state index is 12.6. The van der Waals surface area contributed by atoms with Gasteiger partial charge in [-0.3, -0.25) is 4.79 Å². The fourth-order valence-corrected chi connectivity index (χ4v) is 4.26. The third kappa shape index (κ3) is 5.16. The quantitative estimate of drug-likeness (QED) is 0.686. The third-order valence-electron chi connectivity index (χ3n) is 4.21. The number of hydrogen-bond acceptors (Lipinski definition) is 3. The van der Waals surface area contributed by atoms with Crippen LogP contribution in [0.2, 0.25) is 0 Å². The summed E-state index contributed by atoms with van der Waals surface area (Å²) in [6.45, 7) is 4.93. The monoisotopic (exact) mass is 374 g/mol. The van der Waals surface area contributed by atoms with E-state index in [-0.39, 0.29) is 10.8 Å². The number of rotatable bonds is 9. The minimum Gasteiger partial charge on any atom is -0.352 e. The Labute approximate surface area is 156 Å². The van der Waals surface area contributed by atoms with Crippen LogP contribution in [0, 0.1) is 0 Å². The Morgan fingerprint density at radius 3 is 2.35 bits per heavy atom. The Morgan fingerprint density at radius 1 is 1.00 bits per heavy atom. The van der Waals surface area contributed by atoms with Crippen LogP contribution < -0.4 is 5.32 Å². The molecule has 1 N–H and O–H groups in total. The Hall–Kier alpha value is -2.18. The molecule has 0 aromatic heterocycles. The summed E-state index contributed by atoms with van der Waals surface area (Å²) in [5, 5.41) is 2.86. The summed E-state index contributed by atoms with van der Waals surface area (Å²) in [4.78, 5) is 12.5. The highest BCUT2D eigenvalue weighted by Crippen LogP contribution is 2.17. The summed E-state index contributed by atoms with van der Waals surface area (Å²) in [6.07, 6.45) is 1.71. The van der Waals surface area contributed by atoms with Crippen LogP contribution in [-0.4, -0.2) is 38.3 Å². The van der Waals surface area contributed by atoms with Crippen LogP contribution in [0.1, 0.15) is 36.2 Å². The summed E-state index contributed by atoms with van der Waals surface area (Å²) in [7, 11) is -3.57. The van der Waals surface area contributed by atoms with Crippen molar-refractivity contribution in [2.45, 2.75) is 31.6 Å². The Morgan fingerprint density at radius 2 is 1.69 bits per heavy atom. The maximum absolute atomic E-state index is 12.6. The molecule has 0 saturated heterocycles. The van der Waals surface area contributed by atoms with Gasteiger partial charge >= 0.3 is 0 Å². The second-order valence-electron chi connectivity index (χ2n) is 5.96. The number of hydrogen-bond donors (Lipinski definition) is 1. The second kappa shape index (κ2) is 9.50. The van der Waals surface area contributed by atoms with Crippen molar-refractivity contribution in [3.8, 4) is 0 Å². The molecule has 0 atom stereocenters. The fraction of sp³-hybridized carbons (Fsp3) is 0.350. The van der Waals surface area contributed by atoms with Crippen LogP contribution in [0.4, 0.5) is 0 Å². The first kappa shape index (κ1) is 20.1. The molecule has 0 saturated carbocycles. The molecule has 0 fully saturated rings. The number of carbonyl (C=O) groups excluding carboxylic acids is 1. The van der Waals surface area contributed by atoms with Gasteiger partial charge in [-0.2, -0.15) is 4.31 Å². The molecule has 0 unspecified atom stereocenters. The molecule has 2 aromatic carbocycles. The van der Waals surface area contributed by atoms with Crippen LogP contribution >= 0.6 is 0 Å². The van der Waals surface area contributed by atoms with E-state index in [1.165, 1.54) is 22.0 Å². The van der Waals surface area contributed by atoms with Crippen molar-refractivity contribution >= 4 is 15.9 Å².